The average molecular weight is 309 g/mol. The van der Waals surface area contributed by atoms with Gasteiger partial charge in [-0.2, -0.15) is 5.10 Å². The van der Waals surface area contributed by atoms with Gasteiger partial charge in [-0.15, -0.1) is 6.58 Å². The van der Waals surface area contributed by atoms with Crippen LogP contribution in [0.3, 0.4) is 0 Å². The Bertz CT molecular complexity index is 532. The molecule has 0 spiro atoms. The van der Waals surface area contributed by atoms with E-state index in [0.29, 0.717) is 28.9 Å². The number of rotatable bonds is 7. The van der Waals surface area contributed by atoms with Gasteiger partial charge in [-0.05, 0) is 24.4 Å². The molecule has 0 aliphatic carbocycles. The van der Waals surface area contributed by atoms with Gasteiger partial charge in [0.2, 0.25) is 5.75 Å². The number of hydrogen-bond acceptors (Lipinski definition) is 5. The van der Waals surface area contributed by atoms with E-state index >= 15 is 0 Å². The summed E-state index contributed by atoms with van der Waals surface area (Å²) < 4.78 is 15.9. The van der Waals surface area contributed by atoms with Crippen molar-refractivity contribution in [1.82, 2.24) is 10.7 Å². The van der Waals surface area contributed by atoms with Crippen LogP contribution >= 0.6 is 12.2 Å². The second kappa shape index (κ2) is 8.80. The lowest BCUT2D eigenvalue weighted by Crippen LogP contribution is -2.31. The molecule has 21 heavy (non-hydrogen) atoms. The lowest BCUT2D eigenvalue weighted by Gasteiger charge is -2.13. The Labute approximate surface area is 129 Å². The van der Waals surface area contributed by atoms with Gasteiger partial charge in [0.15, 0.2) is 16.6 Å². The first-order valence-corrected chi connectivity index (χ1v) is 6.55. The van der Waals surface area contributed by atoms with Gasteiger partial charge in [-0.3, -0.25) is 5.43 Å². The lowest BCUT2D eigenvalue weighted by molar-refractivity contribution is 0.324. The molecule has 114 valence electrons. The van der Waals surface area contributed by atoms with E-state index in [-0.39, 0.29) is 0 Å². The predicted molar refractivity (Wildman–Crippen MR) is 87.6 cm³/mol. The minimum atomic E-state index is 0.408. The standard InChI is InChI=1S/C14H19N3O3S/c1-5-8-15-14(21)17-16-9-10-6-7-11(18-2)13(20-4)12(10)19-3/h5-7,9H,1,8H2,2-4H3,(H2,15,17,21). The molecule has 0 unspecified atom stereocenters. The number of thiocarbonyl (C=S) groups is 1. The zero-order valence-corrected chi connectivity index (χ0v) is 13.1. The van der Waals surface area contributed by atoms with Gasteiger partial charge >= 0.3 is 0 Å². The molecule has 0 atom stereocenters. The van der Waals surface area contributed by atoms with Crippen LogP contribution in [0.15, 0.2) is 29.9 Å². The minimum Gasteiger partial charge on any atom is -0.493 e. The zero-order chi connectivity index (χ0) is 15.7. The highest BCUT2D eigenvalue weighted by Crippen LogP contribution is 2.38. The molecule has 0 aromatic heterocycles. The van der Waals surface area contributed by atoms with Gasteiger partial charge < -0.3 is 19.5 Å². The van der Waals surface area contributed by atoms with E-state index in [2.05, 4.69) is 22.4 Å². The number of benzene rings is 1. The Morgan fingerprint density at radius 3 is 2.52 bits per heavy atom. The van der Waals surface area contributed by atoms with Crippen LogP contribution < -0.4 is 25.0 Å². The van der Waals surface area contributed by atoms with Gasteiger partial charge in [-0.1, -0.05) is 6.08 Å². The first-order chi connectivity index (χ1) is 10.2. The molecular formula is C14H19N3O3S. The summed E-state index contributed by atoms with van der Waals surface area (Å²) in [5, 5.41) is 7.35. The van der Waals surface area contributed by atoms with Crippen LogP contribution in [0.1, 0.15) is 5.56 Å². The molecule has 0 saturated heterocycles. The van der Waals surface area contributed by atoms with Crippen molar-refractivity contribution in [3.63, 3.8) is 0 Å². The Kier molecular flexibility index (Phi) is 7.03. The molecule has 6 nitrogen and oxygen atoms in total. The van der Waals surface area contributed by atoms with Crippen LogP contribution in [0.2, 0.25) is 0 Å². The minimum absolute atomic E-state index is 0.408. The number of hydrogen-bond donors (Lipinski definition) is 2. The van der Waals surface area contributed by atoms with Crippen LogP contribution in [0.25, 0.3) is 0 Å². The number of ether oxygens (including phenoxy) is 3. The van der Waals surface area contributed by atoms with Crippen LogP contribution in [0, 0.1) is 0 Å². The Morgan fingerprint density at radius 2 is 1.95 bits per heavy atom. The van der Waals surface area contributed by atoms with Crippen molar-refractivity contribution >= 4 is 23.5 Å². The third-order valence-corrected chi connectivity index (χ3v) is 2.75. The maximum Gasteiger partial charge on any atom is 0.203 e. The van der Waals surface area contributed by atoms with E-state index < -0.39 is 0 Å². The first-order valence-electron chi connectivity index (χ1n) is 6.14. The summed E-state index contributed by atoms with van der Waals surface area (Å²) in [6.07, 6.45) is 3.29. The second-order valence-corrected chi connectivity index (χ2v) is 4.20. The molecule has 1 aromatic rings. The third-order valence-electron chi connectivity index (χ3n) is 2.51. The monoisotopic (exact) mass is 309 g/mol. The highest BCUT2D eigenvalue weighted by molar-refractivity contribution is 7.80. The van der Waals surface area contributed by atoms with Crippen molar-refractivity contribution in [2.75, 3.05) is 27.9 Å². The molecule has 0 aliphatic rings. The maximum absolute atomic E-state index is 5.35. The largest absolute Gasteiger partial charge is 0.493 e. The maximum atomic E-state index is 5.35. The summed E-state index contributed by atoms with van der Waals surface area (Å²) in [6, 6.07) is 3.59. The highest BCUT2D eigenvalue weighted by Gasteiger charge is 2.14. The van der Waals surface area contributed by atoms with Gasteiger partial charge in [0.1, 0.15) is 0 Å². The van der Waals surface area contributed by atoms with Crippen molar-refractivity contribution in [1.29, 1.82) is 0 Å². The topological polar surface area (TPSA) is 64.1 Å². The van der Waals surface area contributed by atoms with E-state index in [1.807, 2.05) is 6.07 Å². The Hall–Kier alpha value is -2.28. The molecule has 0 aliphatic heterocycles. The fourth-order valence-electron chi connectivity index (χ4n) is 1.59. The van der Waals surface area contributed by atoms with E-state index in [0.717, 1.165) is 5.56 Å². The van der Waals surface area contributed by atoms with Crippen LogP contribution in [-0.4, -0.2) is 39.2 Å². The first kappa shape index (κ1) is 16.8. The summed E-state index contributed by atoms with van der Waals surface area (Å²) in [4.78, 5) is 0. The zero-order valence-electron chi connectivity index (χ0n) is 12.3. The average Bonchev–Trinajstić information content (AvgIpc) is 2.51. The van der Waals surface area contributed by atoms with E-state index in [9.17, 15) is 0 Å². The molecule has 0 saturated carbocycles. The molecule has 0 radical (unpaired) electrons. The van der Waals surface area contributed by atoms with Crippen molar-refractivity contribution in [3.05, 3.63) is 30.4 Å². The number of methoxy groups -OCH3 is 3. The molecule has 7 heteroatoms. The summed E-state index contributed by atoms with van der Waals surface area (Å²) in [5.74, 6) is 1.63. The summed E-state index contributed by atoms with van der Waals surface area (Å²) in [7, 11) is 4.67. The van der Waals surface area contributed by atoms with Crippen LogP contribution in [-0.2, 0) is 0 Å². The van der Waals surface area contributed by atoms with E-state index in [4.69, 9.17) is 26.4 Å². The van der Waals surface area contributed by atoms with Crippen molar-refractivity contribution < 1.29 is 14.2 Å². The fraction of sp³-hybridized carbons (Fsp3) is 0.286. The molecule has 0 amide bonds. The molecule has 1 rings (SSSR count). The Morgan fingerprint density at radius 1 is 1.24 bits per heavy atom. The van der Waals surface area contributed by atoms with Crippen LogP contribution in [0.4, 0.5) is 0 Å². The van der Waals surface area contributed by atoms with Gasteiger partial charge in [0, 0.05) is 12.1 Å². The van der Waals surface area contributed by atoms with Crippen molar-refractivity contribution in [3.8, 4) is 17.2 Å². The van der Waals surface area contributed by atoms with Gasteiger partial charge in [-0.25, -0.2) is 0 Å². The highest BCUT2D eigenvalue weighted by atomic mass is 32.1. The third kappa shape index (κ3) is 4.64. The number of nitrogens with one attached hydrogen (secondary N) is 2. The lowest BCUT2D eigenvalue weighted by atomic mass is 10.2. The van der Waals surface area contributed by atoms with Gasteiger partial charge in [0.05, 0.1) is 27.5 Å². The summed E-state index contributed by atoms with van der Waals surface area (Å²) in [6.45, 7) is 4.16. The van der Waals surface area contributed by atoms with Gasteiger partial charge in [0.25, 0.3) is 0 Å². The van der Waals surface area contributed by atoms with E-state index in [1.54, 1.807) is 39.7 Å². The molecule has 2 N–H and O–H groups in total. The normalized spacial score (nSPS) is 10.0. The summed E-state index contributed by atoms with van der Waals surface area (Å²) >= 11 is 5.02. The molecule has 1 aromatic carbocycles. The second-order valence-electron chi connectivity index (χ2n) is 3.79. The van der Waals surface area contributed by atoms with Crippen LogP contribution in [0.5, 0.6) is 17.2 Å². The molecule has 0 bridgehead atoms. The predicted octanol–water partition coefficient (Wildman–Crippen LogP) is 1.70. The molecule has 0 fully saturated rings. The number of hydrazone groups is 1. The van der Waals surface area contributed by atoms with Crippen molar-refractivity contribution in [2.45, 2.75) is 0 Å². The SMILES string of the molecule is C=CCNC(=S)NN=Cc1ccc(OC)c(OC)c1OC. The summed E-state index contributed by atoms with van der Waals surface area (Å²) in [5.41, 5.74) is 3.43. The number of nitrogens with zero attached hydrogens (tertiary/aromatic N) is 1. The molecule has 0 heterocycles. The Balaban J connectivity index is 2.88. The molecular weight excluding hydrogens is 290 g/mol. The van der Waals surface area contributed by atoms with E-state index in [1.165, 1.54) is 0 Å². The fourth-order valence-corrected chi connectivity index (χ4v) is 1.73. The quantitative estimate of drug-likeness (QED) is 0.346. The van der Waals surface area contributed by atoms with Crippen molar-refractivity contribution in [2.24, 2.45) is 5.10 Å². The smallest absolute Gasteiger partial charge is 0.203 e.